The molecule has 1 aliphatic heterocycles. The Hall–Kier alpha value is -3.05. The maximum absolute atomic E-state index is 13.2. The largest absolute Gasteiger partial charge is 0.609 e. The van der Waals surface area contributed by atoms with Crippen molar-refractivity contribution in [1.29, 1.82) is 0 Å². The molecule has 0 saturated carbocycles. The summed E-state index contributed by atoms with van der Waals surface area (Å²) in [5.41, 5.74) is 0.326. The van der Waals surface area contributed by atoms with Crippen LogP contribution in [0.4, 0.5) is 18.9 Å². The Bertz CT molecular complexity index is 1180. The number of benzene rings is 1. The first-order valence-electron chi connectivity index (χ1n) is 9.21. The lowest BCUT2D eigenvalue weighted by molar-refractivity contribution is -0.141. The molecule has 1 aliphatic rings. The quantitative estimate of drug-likeness (QED) is 0.486. The van der Waals surface area contributed by atoms with Gasteiger partial charge in [0.2, 0.25) is 0 Å². The van der Waals surface area contributed by atoms with Gasteiger partial charge in [-0.1, -0.05) is 6.07 Å². The summed E-state index contributed by atoms with van der Waals surface area (Å²) in [5, 5.41) is 2.77. The Balaban J connectivity index is 1.71. The fourth-order valence-electron chi connectivity index (χ4n) is 3.13. The standard InChI is InChI=1S/C20H17F3N4O3S/c1-31(29)19-25-15(9-17(26-19)20(21,22)23)13-3-5-18(28)27(11-13)10-12-2-4-14-16(8-12)30-7-6-24-14/h2-5,8-9,11,24H,6-7,10H2,1H3. The Morgan fingerprint density at radius 1 is 1.23 bits per heavy atom. The van der Waals surface area contributed by atoms with E-state index >= 15 is 0 Å². The molecule has 0 saturated heterocycles. The zero-order valence-electron chi connectivity index (χ0n) is 16.3. The number of nitrogens with one attached hydrogen (secondary N) is 1. The van der Waals surface area contributed by atoms with E-state index in [4.69, 9.17) is 4.74 Å². The van der Waals surface area contributed by atoms with Gasteiger partial charge in [-0.3, -0.25) is 4.79 Å². The molecule has 31 heavy (non-hydrogen) atoms. The number of halogens is 3. The highest BCUT2D eigenvalue weighted by Gasteiger charge is 2.35. The van der Waals surface area contributed by atoms with Crippen LogP contribution in [0.2, 0.25) is 0 Å². The summed E-state index contributed by atoms with van der Waals surface area (Å²) >= 11 is -1.81. The number of anilines is 1. The number of hydrogen-bond acceptors (Lipinski definition) is 6. The highest BCUT2D eigenvalue weighted by Crippen LogP contribution is 2.31. The second-order valence-electron chi connectivity index (χ2n) is 6.86. The maximum atomic E-state index is 13.2. The van der Waals surface area contributed by atoms with Gasteiger partial charge in [-0.25, -0.2) is 0 Å². The number of aromatic nitrogens is 3. The molecule has 3 aromatic rings. The minimum atomic E-state index is -4.72. The minimum absolute atomic E-state index is 0.0701. The molecule has 0 aliphatic carbocycles. The van der Waals surface area contributed by atoms with Gasteiger partial charge in [0.1, 0.15) is 18.6 Å². The van der Waals surface area contributed by atoms with E-state index in [1.165, 1.54) is 29.2 Å². The summed E-state index contributed by atoms with van der Waals surface area (Å²) < 4.78 is 58.4. The second-order valence-corrected chi connectivity index (χ2v) is 8.14. The van der Waals surface area contributed by atoms with Crippen molar-refractivity contribution in [2.75, 3.05) is 24.7 Å². The van der Waals surface area contributed by atoms with Gasteiger partial charge in [-0.05, 0) is 29.8 Å². The Kier molecular flexibility index (Phi) is 5.63. The molecule has 0 amide bonds. The molecule has 162 valence electrons. The van der Waals surface area contributed by atoms with Gasteiger partial charge in [0.25, 0.3) is 5.56 Å². The third kappa shape index (κ3) is 4.67. The van der Waals surface area contributed by atoms with Crippen molar-refractivity contribution in [3.05, 3.63) is 64.2 Å². The summed E-state index contributed by atoms with van der Waals surface area (Å²) in [5.74, 6) is 0.675. The van der Waals surface area contributed by atoms with Crippen molar-refractivity contribution < 1.29 is 22.5 Å². The van der Waals surface area contributed by atoms with Crippen molar-refractivity contribution in [2.24, 2.45) is 0 Å². The molecule has 3 heterocycles. The van der Waals surface area contributed by atoms with Crippen LogP contribution in [0.15, 0.2) is 52.5 Å². The molecule has 0 fully saturated rings. The average Bonchev–Trinajstić information content (AvgIpc) is 2.74. The van der Waals surface area contributed by atoms with Gasteiger partial charge in [-0.2, -0.15) is 23.1 Å². The first-order chi connectivity index (χ1) is 14.7. The third-order valence-electron chi connectivity index (χ3n) is 4.61. The van der Waals surface area contributed by atoms with Crippen LogP contribution >= 0.6 is 0 Å². The van der Waals surface area contributed by atoms with Crippen molar-refractivity contribution >= 4 is 16.9 Å². The fraction of sp³-hybridized carbons (Fsp3) is 0.250. The van der Waals surface area contributed by atoms with Gasteiger partial charge >= 0.3 is 11.3 Å². The molecule has 0 bridgehead atoms. The zero-order valence-corrected chi connectivity index (χ0v) is 17.1. The Morgan fingerprint density at radius 2 is 2.03 bits per heavy atom. The zero-order chi connectivity index (χ0) is 22.2. The predicted octanol–water partition coefficient (Wildman–Crippen LogP) is 2.91. The Labute approximate surface area is 178 Å². The topological polar surface area (TPSA) is 92.1 Å². The normalized spacial score (nSPS) is 14.4. The molecule has 1 N–H and O–H groups in total. The molecule has 4 rings (SSSR count). The van der Waals surface area contributed by atoms with Crippen molar-refractivity contribution in [3.8, 4) is 17.0 Å². The maximum Gasteiger partial charge on any atom is 0.433 e. The van der Waals surface area contributed by atoms with Crippen LogP contribution in [0.3, 0.4) is 0 Å². The first kappa shape index (κ1) is 21.2. The van der Waals surface area contributed by atoms with E-state index in [2.05, 4.69) is 15.3 Å². The van der Waals surface area contributed by atoms with Crippen LogP contribution in [0, 0.1) is 0 Å². The third-order valence-corrected chi connectivity index (χ3v) is 5.30. The lowest BCUT2D eigenvalue weighted by Gasteiger charge is -2.20. The molecule has 1 atom stereocenters. The first-order valence-corrected chi connectivity index (χ1v) is 10.8. The van der Waals surface area contributed by atoms with Crippen LogP contribution in [0.5, 0.6) is 5.75 Å². The smallest absolute Gasteiger partial charge is 0.433 e. The summed E-state index contributed by atoms with van der Waals surface area (Å²) in [4.78, 5) is 19.7. The Morgan fingerprint density at radius 3 is 2.77 bits per heavy atom. The van der Waals surface area contributed by atoms with E-state index in [0.29, 0.717) is 18.9 Å². The van der Waals surface area contributed by atoms with Gasteiger partial charge in [0, 0.05) is 35.5 Å². The van der Waals surface area contributed by atoms with Crippen LogP contribution in [0.1, 0.15) is 11.3 Å². The molecule has 0 spiro atoms. The second kappa shape index (κ2) is 8.23. The predicted molar refractivity (Wildman–Crippen MR) is 109 cm³/mol. The lowest BCUT2D eigenvalue weighted by atomic mass is 10.1. The monoisotopic (exact) mass is 450 g/mol. The summed E-state index contributed by atoms with van der Waals surface area (Å²) in [7, 11) is 0. The van der Waals surface area contributed by atoms with E-state index < -0.39 is 28.2 Å². The number of pyridine rings is 1. The van der Waals surface area contributed by atoms with E-state index in [1.54, 1.807) is 0 Å². The fourth-order valence-corrected chi connectivity index (χ4v) is 3.58. The van der Waals surface area contributed by atoms with Crippen LogP contribution in [0.25, 0.3) is 11.3 Å². The SMILES string of the molecule is C[S+]([O-])c1nc(-c2ccc(=O)n(Cc3ccc4c(c3)OCCN4)c2)cc(C(F)(F)F)n1. The average molecular weight is 450 g/mol. The molecule has 11 heteroatoms. The lowest BCUT2D eigenvalue weighted by Crippen LogP contribution is -2.21. The van der Waals surface area contributed by atoms with Gasteiger partial charge in [0.15, 0.2) is 5.69 Å². The van der Waals surface area contributed by atoms with Crippen molar-refractivity contribution in [3.63, 3.8) is 0 Å². The van der Waals surface area contributed by atoms with E-state index in [9.17, 15) is 22.5 Å². The summed E-state index contributed by atoms with van der Waals surface area (Å²) in [6, 6.07) is 8.91. The van der Waals surface area contributed by atoms with E-state index in [0.717, 1.165) is 17.3 Å². The number of fused-ring (bicyclic) bond motifs is 1. The molecule has 2 aromatic heterocycles. The molecule has 1 aromatic carbocycles. The molecule has 0 radical (unpaired) electrons. The highest BCUT2D eigenvalue weighted by molar-refractivity contribution is 7.90. The number of nitrogens with zero attached hydrogens (tertiary/aromatic N) is 3. The van der Waals surface area contributed by atoms with E-state index in [-0.39, 0.29) is 23.4 Å². The van der Waals surface area contributed by atoms with Crippen LogP contribution in [-0.2, 0) is 23.9 Å². The van der Waals surface area contributed by atoms with Gasteiger partial charge in [-0.15, -0.1) is 0 Å². The van der Waals surface area contributed by atoms with Gasteiger partial charge in [0.05, 0.1) is 17.9 Å². The van der Waals surface area contributed by atoms with Crippen LogP contribution in [-0.4, -0.2) is 38.5 Å². The van der Waals surface area contributed by atoms with Crippen molar-refractivity contribution in [2.45, 2.75) is 17.9 Å². The number of alkyl halides is 3. The van der Waals surface area contributed by atoms with E-state index in [1.807, 2.05) is 18.2 Å². The molecule has 1 unspecified atom stereocenters. The molecule has 7 nitrogen and oxygen atoms in total. The molecular formula is C20H17F3N4O3S. The summed E-state index contributed by atoms with van der Waals surface area (Å²) in [6.45, 7) is 1.42. The van der Waals surface area contributed by atoms with Crippen LogP contribution < -0.4 is 15.6 Å². The number of hydrogen-bond donors (Lipinski definition) is 1. The number of rotatable bonds is 4. The highest BCUT2D eigenvalue weighted by atomic mass is 32.2. The number of ether oxygens (including phenoxy) is 1. The minimum Gasteiger partial charge on any atom is -0.609 e. The van der Waals surface area contributed by atoms with Crippen molar-refractivity contribution in [1.82, 2.24) is 14.5 Å². The summed E-state index contributed by atoms with van der Waals surface area (Å²) in [6.07, 6.45) is -2.10. The van der Waals surface area contributed by atoms with Gasteiger partial charge < -0.3 is 19.2 Å². The molecular weight excluding hydrogens is 433 g/mol.